The number of aliphatic hydroxyl groups is 1. The van der Waals surface area contributed by atoms with Gasteiger partial charge >= 0.3 is 29.8 Å². The second-order valence-electron chi connectivity index (χ2n) is 11.1. The molecule has 2 heterocycles. The Morgan fingerprint density at radius 2 is 1.83 bits per heavy atom. The molecule has 14 heteroatoms. The summed E-state index contributed by atoms with van der Waals surface area (Å²) in [4.78, 5) is 61.1. The number of carbonyl (C=O) groups is 5. The zero-order chi connectivity index (χ0) is 30.6. The molecular weight excluding hydrogens is 558 g/mol. The van der Waals surface area contributed by atoms with Gasteiger partial charge in [0.2, 0.25) is 6.10 Å². The Morgan fingerprint density at radius 1 is 1.12 bits per heavy atom. The number of carbonyl (C=O) groups excluding carboxylic acids is 3. The summed E-state index contributed by atoms with van der Waals surface area (Å²) in [6.07, 6.45) is -3.45. The molecule has 0 radical (unpaired) electrons. The molecule has 2 unspecified atom stereocenters. The lowest BCUT2D eigenvalue weighted by atomic mass is 9.50. The van der Waals surface area contributed by atoms with Gasteiger partial charge in [-0.1, -0.05) is 6.07 Å². The predicted molar refractivity (Wildman–Crippen MR) is 137 cm³/mol. The summed E-state index contributed by atoms with van der Waals surface area (Å²) in [6, 6.07) is 3.16. The quantitative estimate of drug-likeness (QED) is 0.215. The van der Waals surface area contributed by atoms with Crippen LogP contribution in [0.25, 0.3) is 0 Å². The zero-order valence-electron chi connectivity index (χ0n) is 22.9. The Kier molecular flexibility index (Phi) is 7.39. The first-order chi connectivity index (χ1) is 19.8. The molecule has 0 amide bonds. The molecule has 1 saturated heterocycles. The Morgan fingerprint density at radius 3 is 2.52 bits per heavy atom. The second kappa shape index (κ2) is 10.6. The minimum Gasteiger partial charge on any atom is -0.504 e. The molecule has 1 aromatic rings. The number of likely N-dealkylation sites (N-methyl/N-ethyl adjacent to an activating group) is 1. The van der Waals surface area contributed by atoms with E-state index in [4.69, 9.17) is 24.4 Å². The third-order valence-corrected chi connectivity index (χ3v) is 8.65. The monoisotopic (exact) mass is 589 g/mol. The maximum atomic E-state index is 12.8. The molecular formula is C28H31NO13. The molecule has 2 bridgehead atoms. The van der Waals surface area contributed by atoms with E-state index in [1.54, 1.807) is 12.1 Å². The smallest absolute Gasteiger partial charge is 0.348 e. The minimum absolute atomic E-state index is 0.0732. The maximum Gasteiger partial charge on any atom is 0.348 e. The van der Waals surface area contributed by atoms with Crippen molar-refractivity contribution in [2.24, 2.45) is 0 Å². The Balaban J connectivity index is 1.23. The Hall–Kier alpha value is -4.17. The van der Waals surface area contributed by atoms with E-state index in [-0.39, 0.29) is 29.7 Å². The van der Waals surface area contributed by atoms with Crippen molar-refractivity contribution in [3.8, 4) is 11.5 Å². The van der Waals surface area contributed by atoms with Gasteiger partial charge in [-0.25, -0.2) is 9.59 Å². The van der Waals surface area contributed by atoms with Crippen LogP contribution in [0.5, 0.6) is 11.5 Å². The van der Waals surface area contributed by atoms with E-state index >= 15 is 0 Å². The molecule has 4 N–H and O–H groups in total. The van der Waals surface area contributed by atoms with E-state index in [0.29, 0.717) is 19.4 Å². The molecule has 0 saturated carbocycles. The van der Waals surface area contributed by atoms with E-state index in [2.05, 4.69) is 9.64 Å². The number of carboxylic acids is 2. The Labute approximate surface area is 239 Å². The number of ether oxygens (including phenoxy) is 4. The standard InChI is InChI=1S/C28H31NO13/c1-13(26(37)41-17(25(35)36)12-19(31)32)39-20(33)5-6-21(34)40-16-7-8-28(38)18-11-14-3-4-15(30)23-22(14)27(28,24(16)42-23)9-10-29(18)2/h3-4,7,13,17-18,24,30,38H,5-6,8-12H2,1-2H3,(H,31,32)(H,35,36)/t13?,17?,18-,24+,27+,28-/m1/s1. The molecule has 226 valence electrons. The van der Waals surface area contributed by atoms with Crippen LogP contribution in [0.2, 0.25) is 0 Å². The molecule has 4 aliphatic rings. The number of hydrogen-bond donors (Lipinski definition) is 4. The SMILES string of the molecule is CC(OC(=O)CCC(=O)OC1=CC[C@@]2(O)[C@H]3Cc4ccc(O)c5c4[C@@]2(CCN3C)[C@H]1O5)C(=O)OC(CC(=O)O)C(=O)O. The number of hydrogen-bond acceptors (Lipinski definition) is 12. The van der Waals surface area contributed by atoms with Crippen molar-refractivity contribution in [2.45, 2.75) is 80.8 Å². The molecule has 1 spiro atoms. The number of benzene rings is 1. The molecule has 42 heavy (non-hydrogen) atoms. The van der Waals surface area contributed by atoms with Gasteiger partial charge in [0.25, 0.3) is 0 Å². The van der Waals surface area contributed by atoms with Crippen LogP contribution in [0.1, 0.15) is 50.2 Å². The van der Waals surface area contributed by atoms with E-state index in [9.17, 15) is 34.2 Å². The number of aromatic hydroxyl groups is 1. The molecule has 6 atom stereocenters. The van der Waals surface area contributed by atoms with Crippen molar-refractivity contribution in [1.82, 2.24) is 4.90 Å². The Bertz CT molecular complexity index is 1390. The molecule has 1 fully saturated rings. The van der Waals surface area contributed by atoms with E-state index in [1.807, 2.05) is 13.1 Å². The molecule has 14 nitrogen and oxygen atoms in total. The number of piperidine rings is 1. The van der Waals surface area contributed by atoms with Gasteiger partial charge in [-0.3, -0.25) is 14.4 Å². The topological polar surface area (TPSA) is 206 Å². The average Bonchev–Trinajstić information content (AvgIpc) is 3.28. The van der Waals surface area contributed by atoms with Gasteiger partial charge in [-0.05, 0) is 51.1 Å². The molecule has 1 aromatic carbocycles. The summed E-state index contributed by atoms with van der Waals surface area (Å²) in [7, 11) is 1.95. The largest absolute Gasteiger partial charge is 0.504 e. The van der Waals surface area contributed by atoms with Crippen molar-refractivity contribution in [2.75, 3.05) is 13.6 Å². The number of likely N-dealkylation sites (tertiary alicyclic amines) is 1. The first-order valence-electron chi connectivity index (χ1n) is 13.5. The molecule has 5 rings (SSSR count). The summed E-state index contributed by atoms with van der Waals surface area (Å²) in [5, 5.41) is 40.5. The number of phenolic OH excluding ortho intramolecular Hbond substituents is 1. The first kappa shape index (κ1) is 29.3. The summed E-state index contributed by atoms with van der Waals surface area (Å²) in [5.41, 5.74) is -0.490. The number of phenols is 1. The van der Waals surface area contributed by atoms with Crippen LogP contribution >= 0.6 is 0 Å². The van der Waals surface area contributed by atoms with E-state index in [1.165, 1.54) is 0 Å². The van der Waals surface area contributed by atoms with Crippen LogP contribution in [0.4, 0.5) is 0 Å². The highest BCUT2D eigenvalue weighted by atomic mass is 16.6. The van der Waals surface area contributed by atoms with Gasteiger partial charge in [0.05, 0.1) is 30.3 Å². The highest BCUT2D eigenvalue weighted by molar-refractivity contribution is 5.85. The normalized spacial score (nSPS) is 28.3. The van der Waals surface area contributed by atoms with E-state index in [0.717, 1.165) is 18.1 Å². The molecule has 2 aliphatic carbocycles. The van der Waals surface area contributed by atoms with Crippen molar-refractivity contribution < 1.29 is 63.3 Å². The minimum atomic E-state index is -1.96. The summed E-state index contributed by atoms with van der Waals surface area (Å²) in [6.45, 7) is 1.77. The third kappa shape index (κ3) is 4.64. The van der Waals surface area contributed by atoms with Crippen LogP contribution in [-0.2, 0) is 50.0 Å². The van der Waals surface area contributed by atoms with Crippen molar-refractivity contribution in [1.29, 1.82) is 0 Å². The lowest BCUT2D eigenvalue weighted by Crippen LogP contribution is -2.74. The third-order valence-electron chi connectivity index (χ3n) is 8.65. The predicted octanol–water partition coefficient (Wildman–Crippen LogP) is 0.396. The van der Waals surface area contributed by atoms with Gasteiger partial charge in [-0.15, -0.1) is 0 Å². The van der Waals surface area contributed by atoms with Gasteiger partial charge in [-0.2, -0.15) is 0 Å². The lowest BCUT2D eigenvalue weighted by Gasteiger charge is -2.61. The van der Waals surface area contributed by atoms with Crippen LogP contribution in [0, 0.1) is 0 Å². The fourth-order valence-corrected chi connectivity index (χ4v) is 6.70. The summed E-state index contributed by atoms with van der Waals surface area (Å²) >= 11 is 0. The number of esters is 3. The van der Waals surface area contributed by atoms with E-state index < -0.39 is 78.4 Å². The number of aliphatic carboxylic acids is 2. The van der Waals surface area contributed by atoms with Crippen LogP contribution in [0.15, 0.2) is 24.0 Å². The maximum absolute atomic E-state index is 12.8. The van der Waals surface area contributed by atoms with Crippen LogP contribution in [-0.4, -0.2) is 98.7 Å². The highest BCUT2D eigenvalue weighted by Crippen LogP contribution is 2.65. The fourth-order valence-electron chi connectivity index (χ4n) is 6.70. The second-order valence-corrected chi connectivity index (χ2v) is 11.1. The summed E-state index contributed by atoms with van der Waals surface area (Å²) < 4.78 is 21.4. The number of carboxylic acid groups (broad SMARTS) is 2. The van der Waals surface area contributed by atoms with Gasteiger partial charge in [0.15, 0.2) is 23.7 Å². The van der Waals surface area contributed by atoms with Crippen molar-refractivity contribution in [3.63, 3.8) is 0 Å². The average molecular weight is 590 g/mol. The number of rotatable bonds is 10. The lowest BCUT2D eigenvalue weighted by molar-refractivity contribution is -0.178. The zero-order valence-corrected chi connectivity index (χ0v) is 22.9. The van der Waals surface area contributed by atoms with Crippen molar-refractivity contribution >= 4 is 29.8 Å². The van der Waals surface area contributed by atoms with Gasteiger partial charge < -0.3 is 44.3 Å². The first-order valence-corrected chi connectivity index (χ1v) is 13.5. The van der Waals surface area contributed by atoms with Crippen LogP contribution < -0.4 is 4.74 Å². The molecule has 2 aliphatic heterocycles. The highest BCUT2D eigenvalue weighted by Gasteiger charge is 2.72. The number of nitrogens with zero attached hydrogens (tertiary/aromatic N) is 1. The van der Waals surface area contributed by atoms with Gasteiger partial charge in [0.1, 0.15) is 5.76 Å². The van der Waals surface area contributed by atoms with Crippen LogP contribution in [0.3, 0.4) is 0 Å². The van der Waals surface area contributed by atoms with Gasteiger partial charge in [0, 0.05) is 18.0 Å². The molecule has 0 aromatic heterocycles. The summed E-state index contributed by atoms with van der Waals surface area (Å²) in [5.74, 6) is -5.85. The fraction of sp³-hybridized carbons (Fsp3) is 0.536. The van der Waals surface area contributed by atoms with Crippen molar-refractivity contribution in [3.05, 3.63) is 35.1 Å².